The molecule has 20 heavy (non-hydrogen) atoms. The summed E-state index contributed by atoms with van der Waals surface area (Å²) < 4.78 is 26.9. The molecule has 0 saturated heterocycles. The molecule has 0 aliphatic heterocycles. The lowest BCUT2D eigenvalue weighted by molar-refractivity contribution is 0.214. The third-order valence-corrected chi connectivity index (χ3v) is 4.06. The molecule has 104 valence electrons. The minimum absolute atomic E-state index is 0.0178. The van der Waals surface area contributed by atoms with Crippen LogP contribution in [0.1, 0.15) is 48.0 Å². The largest absolute Gasteiger partial charge is 0.384 e. The summed E-state index contributed by atoms with van der Waals surface area (Å²) in [5.74, 6) is -0.594. The number of halogens is 2. The van der Waals surface area contributed by atoms with Gasteiger partial charge in [-0.05, 0) is 48.1 Å². The molecular formula is C17H16F2O. The highest BCUT2D eigenvalue weighted by Gasteiger charge is 2.21. The summed E-state index contributed by atoms with van der Waals surface area (Å²) in [6.45, 7) is 0. The van der Waals surface area contributed by atoms with E-state index in [4.69, 9.17) is 0 Å². The van der Waals surface area contributed by atoms with Gasteiger partial charge in [-0.2, -0.15) is 0 Å². The standard InChI is InChI=1S/C17H16F2O/c18-14-7-8-16(19)15(10-14)17(20)13-6-2-5-12(9-13)11-3-1-4-11/h2,5-11,17,20H,1,3-4H2. The van der Waals surface area contributed by atoms with Crippen LogP contribution in [0.2, 0.25) is 0 Å². The minimum atomic E-state index is -1.13. The second-order valence-electron chi connectivity index (χ2n) is 5.37. The maximum absolute atomic E-state index is 13.7. The van der Waals surface area contributed by atoms with Gasteiger partial charge in [-0.3, -0.25) is 0 Å². The van der Waals surface area contributed by atoms with E-state index in [0.717, 1.165) is 31.0 Å². The zero-order valence-electron chi connectivity index (χ0n) is 11.0. The fourth-order valence-electron chi connectivity index (χ4n) is 2.63. The molecule has 1 N–H and O–H groups in total. The minimum Gasteiger partial charge on any atom is -0.384 e. The number of aliphatic hydroxyl groups excluding tert-OH is 1. The topological polar surface area (TPSA) is 20.2 Å². The van der Waals surface area contributed by atoms with Gasteiger partial charge >= 0.3 is 0 Å². The Hall–Kier alpha value is -1.74. The molecule has 1 saturated carbocycles. The van der Waals surface area contributed by atoms with Crippen LogP contribution in [-0.4, -0.2) is 5.11 Å². The van der Waals surface area contributed by atoms with Gasteiger partial charge in [0, 0.05) is 5.56 Å². The van der Waals surface area contributed by atoms with Crippen LogP contribution < -0.4 is 0 Å². The third-order valence-electron chi connectivity index (χ3n) is 4.06. The first-order chi connectivity index (χ1) is 9.65. The van der Waals surface area contributed by atoms with Crippen LogP contribution in [0.4, 0.5) is 8.78 Å². The van der Waals surface area contributed by atoms with Crippen molar-refractivity contribution < 1.29 is 13.9 Å². The van der Waals surface area contributed by atoms with Crippen LogP contribution in [0.15, 0.2) is 42.5 Å². The van der Waals surface area contributed by atoms with Crippen molar-refractivity contribution in [2.24, 2.45) is 0 Å². The molecular weight excluding hydrogens is 258 g/mol. The second-order valence-corrected chi connectivity index (χ2v) is 5.37. The number of hydrogen-bond donors (Lipinski definition) is 1. The predicted octanol–water partition coefficient (Wildman–Crippen LogP) is 4.31. The van der Waals surface area contributed by atoms with Crippen LogP contribution in [0.5, 0.6) is 0 Å². The summed E-state index contributed by atoms with van der Waals surface area (Å²) in [6, 6.07) is 10.7. The molecule has 3 heteroatoms. The van der Waals surface area contributed by atoms with Crippen molar-refractivity contribution in [1.82, 2.24) is 0 Å². The molecule has 0 bridgehead atoms. The Bertz CT molecular complexity index is 620. The molecule has 1 unspecified atom stereocenters. The number of benzene rings is 2. The van der Waals surface area contributed by atoms with Gasteiger partial charge in [-0.25, -0.2) is 8.78 Å². The van der Waals surface area contributed by atoms with Gasteiger partial charge in [0.15, 0.2) is 0 Å². The Morgan fingerprint density at radius 2 is 1.85 bits per heavy atom. The third kappa shape index (κ3) is 2.46. The van der Waals surface area contributed by atoms with Crippen molar-refractivity contribution >= 4 is 0 Å². The highest BCUT2D eigenvalue weighted by molar-refractivity contribution is 5.35. The Balaban J connectivity index is 1.93. The second kappa shape index (κ2) is 5.33. The lowest BCUT2D eigenvalue weighted by Crippen LogP contribution is -2.10. The molecule has 1 aliphatic carbocycles. The lowest BCUT2D eigenvalue weighted by atomic mass is 9.79. The predicted molar refractivity (Wildman–Crippen MR) is 73.5 cm³/mol. The highest BCUT2D eigenvalue weighted by atomic mass is 19.1. The molecule has 0 radical (unpaired) electrons. The SMILES string of the molecule is OC(c1cccc(C2CCC2)c1)c1cc(F)ccc1F. The van der Waals surface area contributed by atoms with Gasteiger partial charge in [-0.15, -0.1) is 0 Å². The fraction of sp³-hybridized carbons (Fsp3) is 0.294. The maximum Gasteiger partial charge on any atom is 0.129 e. The Morgan fingerprint density at radius 3 is 2.55 bits per heavy atom. The van der Waals surface area contributed by atoms with Crippen LogP contribution in [0.25, 0.3) is 0 Å². The summed E-state index contributed by atoms with van der Waals surface area (Å²) in [7, 11) is 0. The van der Waals surface area contributed by atoms with Crippen LogP contribution >= 0.6 is 0 Å². The summed E-state index contributed by atoms with van der Waals surface area (Å²) in [4.78, 5) is 0. The first-order valence-corrected chi connectivity index (χ1v) is 6.88. The summed E-state index contributed by atoms with van der Waals surface area (Å²) in [5.41, 5.74) is 1.76. The average molecular weight is 274 g/mol. The monoisotopic (exact) mass is 274 g/mol. The van der Waals surface area contributed by atoms with E-state index >= 15 is 0 Å². The molecule has 1 nitrogen and oxygen atoms in total. The number of aliphatic hydroxyl groups is 1. The van der Waals surface area contributed by atoms with Gasteiger partial charge in [0.1, 0.15) is 17.7 Å². The number of rotatable bonds is 3. The first-order valence-electron chi connectivity index (χ1n) is 6.88. The van der Waals surface area contributed by atoms with Gasteiger partial charge < -0.3 is 5.11 Å². The van der Waals surface area contributed by atoms with E-state index in [1.165, 1.54) is 12.0 Å². The van der Waals surface area contributed by atoms with E-state index in [0.29, 0.717) is 11.5 Å². The molecule has 0 amide bonds. The Labute approximate surface area is 116 Å². The van der Waals surface area contributed by atoms with Crippen molar-refractivity contribution in [3.8, 4) is 0 Å². The molecule has 1 fully saturated rings. The molecule has 2 aromatic rings. The van der Waals surface area contributed by atoms with E-state index in [1.54, 1.807) is 6.07 Å². The average Bonchev–Trinajstić information content (AvgIpc) is 2.39. The summed E-state index contributed by atoms with van der Waals surface area (Å²) in [6.07, 6.45) is 2.42. The lowest BCUT2D eigenvalue weighted by Gasteiger charge is -2.26. The van der Waals surface area contributed by atoms with Crippen molar-refractivity contribution in [1.29, 1.82) is 0 Å². The fourth-order valence-corrected chi connectivity index (χ4v) is 2.63. The van der Waals surface area contributed by atoms with Crippen molar-refractivity contribution in [2.45, 2.75) is 31.3 Å². The zero-order valence-corrected chi connectivity index (χ0v) is 11.0. The Kier molecular flexibility index (Phi) is 3.53. The van der Waals surface area contributed by atoms with Crippen molar-refractivity contribution in [2.75, 3.05) is 0 Å². The van der Waals surface area contributed by atoms with Gasteiger partial charge in [0.25, 0.3) is 0 Å². The normalized spacial score (nSPS) is 16.8. The zero-order chi connectivity index (χ0) is 14.1. The highest BCUT2D eigenvalue weighted by Crippen LogP contribution is 2.37. The van der Waals surface area contributed by atoms with Gasteiger partial charge in [0.05, 0.1) is 0 Å². The molecule has 1 atom stereocenters. The van der Waals surface area contributed by atoms with E-state index in [9.17, 15) is 13.9 Å². The van der Waals surface area contributed by atoms with E-state index in [-0.39, 0.29) is 5.56 Å². The van der Waals surface area contributed by atoms with Crippen LogP contribution in [-0.2, 0) is 0 Å². The summed E-state index contributed by atoms with van der Waals surface area (Å²) >= 11 is 0. The van der Waals surface area contributed by atoms with Gasteiger partial charge in [-0.1, -0.05) is 30.7 Å². The number of hydrogen-bond acceptors (Lipinski definition) is 1. The van der Waals surface area contributed by atoms with Crippen molar-refractivity contribution in [3.05, 3.63) is 70.8 Å². The Morgan fingerprint density at radius 1 is 1.05 bits per heavy atom. The van der Waals surface area contributed by atoms with E-state index in [2.05, 4.69) is 0 Å². The van der Waals surface area contributed by atoms with Gasteiger partial charge in [0.2, 0.25) is 0 Å². The molecule has 1 aliphatic rings. The smallest absolute Gasteiger partial charge is 0.129 e. The van der Waals surface area contributed by atoms with E-state index in [1.807, 2.05) is 18.2 Å². The van der Waals surface area contributed by atoms with Crippen LogP contribution in [0.3, 0.4) is 0 Å². The molecule has 2 aromatic carbocycles. The molecule has 0 spiro atoms. The molecule has 0 heterocycles. The molecule has 3 rings (SSSR count). The maximum atomic E-state index is 13.7. The van der Waals surface area contributed by atoms with Crippen molar-refractivity contribution in [3.63, 3.8) is 0 Å². The van der Waals surface area contributed by atoms with Crippen LogP contribution in [0, 0.1) is 11.6 Å². The first kappa shape index (κ1) is 13.3. The van der Waals surface area contributed by atoms with E-state index < -0.39 is 17.7 Å². The summed E-state index contributed by atoms with van der Waals surface area (Å²) in [5, 5.41) is 10.3. The quantitative estimate of drug-likeness (QED) is 0.884. The molecule has 0 aromatic heterocycles.